The first kappa shape index (κ1) is 20.6. The standard InChI is InChI=1S/C26H23N3O4/c1-3-33-25(31)22-23(16-11-13-19(32-2)14-12-16)28-26-27-20-9-4-5-10-21(20)29(26)24(22)17-7-6-8-18(30)15-17/h4-15,24,30H,3H2,1-2H3,(H,27,28)/t24-/m1/s1. The molecule has 5 rings (SSSR count). The number of methoxy groups -OCH3 is 1. The van der Waals surface area contributed by atoms with Crippen LogP contribution >= 0.6 is 0 Å². The second-order valence-electron chi connectivity index (χ2n) is 7.65. The minimum absolute atomic E-state index is 0.117. The number of hydrogen-bond donors (Lipinski definition) is 2. The molecule has 33 heavy (non-hydrogen) atoms. The number of benzene rings is 3. The minimum Gasteiger partial charge on any atom is -0.508 e. The average molecular weight is 441 g/mol. The fourth-order valence-electron chi connectivity index (χ4n) is 4.26. The van der Waals surface area contributed by atoms with E-state index >= 15 is 0 Å². The number of phenolic OH excluding ortho intramolecular Hbond substituents is 1. The molecule has 4 aromatic rings. The van der Waals surface area contributed by atoms with E-state index in [0.29, 0.717) is 23.0 Å². The second kappa shape index (κ2) is 8.35. The summed E-state index contributed by atoms with van der Waals surface area (Å²) in [5.74, 6) is 0.992. The summed E-state index contributed by atoms with van der Waals surface area (Å²) in [7, 11) is 1.61. The molecule has 7 heteroatoms. The molecule has 0 saturated heterocycles. The molecule has 3 aromatic carbocycles. The van der Waals surface area contributed by atoms with Crippen LogP contribution in [0, 0.1) is 0 Å². The number of anilines is 1. The van der Waals surface area contributed by atoms with Crippen LogP contribution in [0.15, 0.2) is 78.4 Å². The van der Waals surface area contributed by atoms with Crippen molar-refractivity contribution < 1.29 is 19.4 Å². The van der Waals surface area contributed by atoms with E-state index in [-0.39, 0.29) is 12.4 Å². The maximum absolute atomic E-state index is 13.4. The molecule has 1 aliphatic heterocycles. The van der Waals surface area contributed by atoms with Crippen molar-refractivity contribution in [3.05, 3.63) is 89.5 Å². The van der Waals surface area contributed by atoms with Crippen molar-refractivity contribution in [2.24, 2.45) is 0 Å². The Bertz CT molecular complexity index is 1370. The van der Waals surface area contributed by atoms with Crippen molar-refractivity contribution in [2.45, 2.75) is 13.0 Å². The molecule has 0 aliphatic carbocycles. The maximum atomic E-state index is 13.4. The highest BCUT2D eigenvalue weighted by Crippen LogP contribution is 2.43. The number of esters is 1. The lowest BCUT2D eigenvalue weighted by Gasteiger charge is -2.31. The van der Waals surface area contributed by atoms with E-state index in [4.69, 9.17) is 14.5 Å². The van der Waals surface area contributed by atoms with Gasteiger partial charge in [0, 0.05) is 0 Å². The zero-order valence-electron chi connectivity index (χ0n) is 18.3. The predicted molar refractivity (Wildman–Crippen MR) is 126 cm³/mol. The van der Waals surface area contributed by atoms with Gasteiger partial charge in [-0.1, -0.05) is 24.3 Å². The number of hydrogen-bond acceptors (Lipinski definition) is 6. The lowest BCUT2D eigenvalue weighted by atomic mass is 9.92. The van der Waals surface area contributed by atoms with Crippen LogP contribution in [0.2, 0.25) is 0 Å². The number of carbonyl (C=O) groups is 1. The van der Waals surface area contributed by atoms with Crippen LogP contribution in [0.3, 0.4) is 0 Å². The van der Waals surface area contributed by atoms with Crippen LogP contribution in [-0.2, 0) is 9.53 Å². The number of rotatable bonds is 5. The van der Waals surface area contributed by atoms with Crippen LogP contribution in [0.4, 0.5) is 5.95 Å². The number of aromatic nitrogens is 2. The Morgan fingerprint density at radius 1 is 1.09 bits per heavy atom. The Labute approximate surface area is 190 Å². The number of fused-ring (bicyclic) bond motifs is 3. The molecule has 0 fully saturated rings. The average Bonchev–Trinajstić information content (AvgIpc) is 3.21. The highest BCUT2D eigenvalue weighted by Gasteiger charge is 2.36. The Morgan fingerprint density at radius 3 is 2.61 bits per heavy atom. The third-order valence-corrected chi connectivity index (χ3v) is 5.69. The molecular formula is C26H23N3O4. The smallest absolute Gasteiger partial charge is 0.338 e. The highest BCUT2D eigenvalue weighted by molar-refractivity contribution is 6.03. The molecule has 0 saturated carbocycles. The number of ether oxygens (including phenoxy) is 2. The summed E-state index contributed by atoms with van der Waals surface area (Å²) in [5.41, 5.74) is 4.24. The van der Waals surface area contributed by atoms with Crippen molar-refractivity contribution in [2.75, 3.05) is 19.0 Å². The van der Waals surface area contributed by atoms with E-state index in [0.717, 1.165) is 22.2 Å². The summed E-state index contributed by atoms with van der Waals surface area (Å²) in [6, 6.07) is 21.6. The van der Waals surface area contributed by atoms with E-state index in [9.17, 15) is 9.90 Å². The van der Waals surface area contributed by atoms with Gasteiger partial charge >= 0.3 is 5.97 Å². The molecule has 2 heterocycles. The van der Waals surface area contributed by atoms with Gasteiger partial charge in [0.1, 0.15) is 11.5 Å². The third kappa shape index (κ3) is 3.57. The van der Waals surface area contributed by atoms with Crippen molar-refractivity contribution in [1.29, 1.82) is 0 Å². The van der Waals surface area contributed by atoms with Gasteiger partial charge in [0.25, 0.3) is 0 Å². The van der Waals surface area contributed by atoms with E-state index in [1.807, 2.05) is 59.2 Å². The van der Waals surface area contributed by atoms with Crippen LogP contribution in [0.5, 0.6) is 11.5 Å². The SMILES string of the molecule is CCOC(=O)C1=C(c2ccc(OC)cc2)Nc2nc3ccccc3n2[C@@H]1c1cccc(O)c1. The first-order valence-corrected chi connectivity index (χ1v) is 10.7. The number of para-hydroxylation sites is 2. The molecular weight excluding hydrogens is 418 g/mol. The molecule has 1 aromatic heterocycles. The summed E-state index contributed by atoms with van der Waals surface area (Å²) in [4.78, 5) is 18.2. The molecule has 0 radical (unpaired) electrons. The van der Waals surface area contributed by atoms with E-state index < -0.39 is 12.0 Å². The number of carbonyl (C=O) groups excluding carboxylic acids is 1. The van der Waals surface area contributed by atoms with Gasteiger partial charge in [-0.3, -0.25) is 4.57 Å². The Hall–Kier alpha value is -4.26. The van der Waals surface area contributed by atoms with Gasteiger partial charge < -0.3 is 19.9 Å². The zero-order chi connectivity index (χ0) is 22.9. The molecule has 2 N–H and O–H groups in total. The molecule has 1 aliphatic rings. The molecule has 166 valence electrons. The van der Waals surface area contributed by atoms with Crippen molar-refractivity contribution in [3.63, 3.8) is 0 Å². The van der Waals surface area contributed by atoms with Crippen molar-refractivity contribution >= 4 is 28.6 Å². The lowest BCUT2D eigenvalue weighted by molar-refractivity contribution is -0.138. The van der Waals surface area contributed by atoms with Gasteiger partial charge in [-0.2, -0.15) is 0 Å². The fraction of sp³-hybridized carbons (Fsp3) is 0.154. The molecule has 0 spiro atoms. The summed E-state index contributed by atoms with van der Waals surface area (Å²) in [6.45, 7) is 2.02. The summed E-state index contributed by atoms with van der Waals surface area (Å²) in [5, 5.41) is 13.6. The van der Waals surface area contributed by atoms with Crippen molar-refractivity contribution in [1.82, 2.24) is 9.55 Å². The van der Waals surface area contributed by atoms with Gasteiger partial charge in [-0.15, -0.1) is 0 Å². The minimum atomic E-state index is -0.558. The lowest BCUT2D eigenvalue weighted by Crippen LogP contribution is -2.29. The maximum Gasteiger partial charge on any atom is 0.338 e. The largest absolute Gasteiger partial charge is 0.508 e. The van der Waals surface area contributed by atoms with E-state index in [1.165, 1.54) is 0 Å². The first-order chi connectivity index (χ1) is 16.1. The van der Waals surface area contributed by atoms with Crippen LogP contribution in [-0.4, -0.2) is 34.3 Å². The molecule has 0 amide bonds. The summed E-state index contributed by atoms with van der Waals surface area (Å²) < 4.78 is 12.8. The van der Waals surface area contributed by atoms with E-state index in [2.05, 4.69) is 5.32 Å². The zero-order valence-corrected chi connectivity index (χ0v) is 18.3. The normalized spacial score (nSPS) is 15.2. The Morgan fingerprint density at radius 2 is 1.88 bits per heavy atom. The van der Waals surface area contributed by atoms with Gasteiger partial charge in [0.2, 0.25) is 5.95 Å². The highest BCUT2D eigenvalue weighted by atomic mass is 16.5. The summed E-state index contributed by atoms with van der Waals surface area (Å²) >= 11 is 0. The quantitative estimate of drug-likeness (QED) is 0.435. The first-order valence-electron chi connectivity index (χ1n) is 10.7. The van der Waals surface area contributed by atoms with Gasteiger partial charge in [-0.25, -0.2) is 9.78 Å². The van der Waals surface area contributed by atoms with Crippen LogP contribution < -0.4 is 10.1 Å². The number of aromatic hydroxyl groups is 1. The third-order valence-electron chi connectivity index (χ3n) is 5.69. The van der Waals surface area contributed by atoms with Gasteiger partial charge in [0.15, 0.2) is 0 Å². The predicted octanol–water partition coefficient (Wildman–Crippen LogP) is 4.74. The fourth-order valence-corrected chi connectivity index (χ4v) is 4.26. The number of nitrogens with zero attached hydrogens (tertiary/aromatic N) is 2. The van der Waals surface area contributed by atoms with E-state index in [1.54, 1.807) is 32.2 Å². The molecule has 0 unspecified atom stereocenters. The van der Waals surface area contributed by atoms with Crippen LogP contribution in [0.25, 0.3) is 16.7 Å². The Kier molecular flexibility index (Phi) is 5.22. The number of nitrogens with one attached hydrogen (secondary N) is 1. The topological polar surface area (TPSA) is 85.6 Å². The summed E-state index contributed by atoms with van der Waals surface area (Å²) in [6.07, 6.45) is 0. The Balaban J connectivity index is 1.81. The van der Waals surface area contributed by atoms with Crippen molar-refractivity contribution in [3.8, 4) is 11.5 Å². The molecule has 0 bridgehead atoms. The number of phenols is 1. The van der Waals surface area contributed by atoms with Crippen LogP contribution in [0.1, 0.15) is 24.1 Å². The monoisotopic (exact) mass is 441 g/mol. The van der Waals surface area contributed by atoms with Gasteiger partial charge in [-0.05, 0) is 66.6 Å². The van der Waals surface area contributed by atoms with Gasteiger partial charge in [0.05, 0.1) is 42.1 Å². The molecule has 1 atom stereocenters. The second-order valence-corrected chi connectivity index (χ2v) is 7.65. The number of imidazole rings is 1. The molecule has 7 nitrogen and oxygen atoms in total.